The summed E-state index contributed by atoms with van der Waals surface area (Å²) in [6, 6.07) is 17.8. The highest BCUT2D eigenvalue weighted by molar-refractivity contribution is 7.71. The van der Waals surface area contributed by atoms with Crippen molar-refractivity contribution in [3.8, 4) is 17.0 Å². The molecule has 0 atom stereocenters. The second-order valence-electron chi connectivity index (χ2n) is 5.05. The maximum Gasteiger partial charge on any atom is 0.198 e. The number of nitrogens with one attached hydrogen (secondary N) is 1. The molecular formula is C19H17N3OS. The van der Waals surface area contributed by atoms with Crippen molar-refractivity contribution in [1.82, 2.24) is 9.66 Å². The minimum absolute atomic E-state index is 0.552. The molecule has 0 saturated heterocycles. The van der Waals surface area contributed by atoms with Crippen LogP contribution in [0.4, 0.5) is 0 Å². The quantitative estimate of drug-likeness (QED) is 0.539. The molecule has 0 aliphatic rings. The highest BCUT2D eigenvalue weighted by Crippen LogP contribution is 2.18. The lowest BCUT2D eigenvalue weighted by atomic mass is 10.2. The summed E-state index contributed by atoms with van der Waals surface area (Å²) in [6.07, 6.45) is 7.38. The van der Waals surface area contributed by atoms with E-state index in [1.54, 1.807) is 18.0 Å². The molecule has 3 aromatic rings. The van der Waals surface area contributed by atoms with Gasteiger partial charge in [-0.25, -0.2) is 4.68 Å². The van der Waals surface area contributed by atoms with E-state index in [0.29, 0.717) is 4.77 Å². The van der Waals surface area contributed by atoms with Crippen LogP contribution >= 0.6 is 12.2 Å². The molecule has 0 fully saturated rings. The molecule has 0 saturated carbocycles. The maximum atomic E-state index is 5.31. The van der Waals surface area contributed by atoms with Gasteiger partial charge in [0.15, 0.2) is 4.77 Å². The Hall–Kier alpha value is -2.92. The van der Waals surface area contributed by atoms with Crippen molar-refractivity contribution in [1.29, 1.82) is 0 Å². The normalized spacial score (nSPS) is 11.4. The fourth-order valence-corrected chi connectivity index (χ4v) is 2.51. The molecule has 0 radical (unpaired) electrons. The molecule has 4 nitrogen and oxygen atoms in total. The number of imidazole rings is 1. The molecule has 0 bridgehead atoms. The van der Waals surface area contributed by atoms with E-state index in [2.05, 4.69) is 10.1 Å². The summed E-state index contributed by atoms with van der Waals surface area (Å²) in [5.41, 5.74) is 3.00. The first-order valence-corrected chi connectivity index (χ1v) is 7.90. The molecule has 0 aliphatic carbocycles. The van der Waals surface area contributed by atoms with Gasteiger partial charge in [0.1, 0.15) is 5.75 Å². The van der Waals surface area contributed by atoms with Crippen molar-refractivity contribution < 1.29 is 4.74 Å². The maximum absolute atomic E-state index is 5.31. The number of allylic oxidation sites excluding steroid dienone is 1. The summed E-state index contributed by atoms with van der Waals surface area (Å²) in [4.78, 5) is 3.16. The molecule has 0 aliphatic heterocycles. The van der Waals surface area contributed by atoms with Gasteiger partial charge in [0.2, 0.25) is 0 Å². The Morgan fingerprint density at radius 3 is 2.62 bits per heavy atom. The largest absolute Gasteiger partial charge is 0.496 e. The number of nitrogens with zero attached hydrogens (tertiary/aromatic N) is 2. The summed E-state index contributed by atoms with van der Waals surface area (Å²) < 4.78 is 7.50. The Morgan fingerprint density at radius 2 is 1.83 bits per heavy atom. The number of rotatable bonds is 5. The summed E-state index contributed by atoms with van der Waals surface area (Å²) in [7, 11) is 1.66. The van der Waals surface area contributed by atoms with Gasteiger partial charge in [-0.2, -0.15) is 5.10 Å². The van der Waals surface area contributed by atoms with Crippen molar-refractivity contribution in [2.75, 3.05) is 7.11 Å². The number of hydrogen-bond donors (Lipinski definition) is 1. The lowest BCUT2D eigenvalue weighted by Crippen LogP contribution is -1.87. The fraction of sp³-hybridized carbons (Fsp3) is 0.0526. The minimum atomic E-state index is 0.552. The third-order valence-electron chi connectivity index (χ3n) is 3.48. The van der Waals surface area contributed by atoms with Gasteiger partial charge >= 0.3 is 0 Å². The van der Waals surface area contributed by atoms with Gasteiger partial charge in [0, 0.05) is 11.8 Å². The van der Waals surface area contributed by atoms with Crippen molar-refractivity contribution in [2.24, 2.45) is 5.10 Å². The van der Waals surface area contributed by atoms with Crippen LogP contribution in [0.2, 0.25) is 0 Å². The highest BCUT2D eigenvalue weighted by atomic mass is 32.1. The van der Waals surface area contributed by atoms with Crippen LogP contribution in [0.1, 0.15) is 5.56 Å². The number of benzene rings is 2. The average molecular weight is 335 g/mol. The standard InChI is InChI=1S/C19H17N3OS/c1-23-18-12-6-5-10-16(18)11-7-13-20-22-14-17(21-19(22)24)15-8-3-2-4-9-15/h2-14H,1H3,(H,21,24)/b11-7+,20-13+. The van der Waals surface area contributed by atoms with Gasteiger partial charge in [-0.15, -0.1) is 0 Å². The van der Waals surface area contributed by atoms with Gasteiger partial charge < -0.3 is 9.72 Å². The van der Waals surface area contributed by atoms with E-state index >= 15 is 0 Å². The van der Waals surface area contributed by atoms with E-state index < -0.39 is 0 Å². The fourth-order valence-electron chi connectivity index (χ4n) is 2.30. The van der Waals surface area contributed by atoms with Crippen LogP contribution in [-0.2, 0) is 0 Å². The minimum Gasteiger partial charge on any atom is -0.496 e. The van der Waals surface area contributed by atoms with E-state index in [4.69, 9.17) is 17.0 Å². The lowest BCUT2D eigenvalue weighted by molar-refractivity contribution is 0.414. The van der Waals surface area contributed by atoms with Gasteiger partial charge in [0.25, 0.3) is 0 Å². The number of aromatic amines is 1. The molecule has 0 spiro atoms. The monoisotopic (exact) mass is 335 g/mol. The molecule has 24 heavy (non-hydrogen) atoms. The second-order valence-corrected chi connectivity index (χ2v) is 5.44. The van der Waals surface area contributed by atoms with E-state index in [9.17, 15) is 0 Å². The Morgan fingerprint density at radius 1 is 1.08 bits per heavy atom. The average Bonchev–Trinajstić information content (AvgIpc) is 3.00. The molecule has 5 heteroatoms. The number of hydrogen-bond acceptors (Lipinski definition) is 3. The summed E-state index contributed by atoms with van der Waals surface area (Å²) in [5, 5.41) is 4.35. The van der Waals surface area contributed by atoms with E-state index in [-0.39, 0.29) is 0 Å². The first-order valence-electron chi connectivity index (χ1n) is 7.49. The molecule has 0 unspecified atom stereocenters. The van der Waals surface area contributed by atoms with Crippen LogP contribution in [0.25, 0.3) is 17.3 Å². The van der Waals surface area contributed by atoms with Crippen LogP contribution in [0, 0.1) is 4.77 Å². The third-order valence-corrected chi connectivity index (χ3v) is 3.77. The second kappa shape index (κ2) is 7.57. The highest BCUT2D eigenvalue weighted by Gasteiger charge is 2.01. The van der Waals surface area contributed by atoms with Crippen LogP contribution in [0.5, 0.6) is 5.75 Å². The predicted octanol–water partition coefficient (Wildman–Crippen LogP) is 4.77. The zero-order chi connectivity index (χ0) is 16.8. The van der Waals surface area contributed by atoms with Crippen molar-refractivity contribution in [3.05, 3.63) is 77.2 Å². The lowest BCUT2D eigenvalue weighted by Gasteiger charge is -2.02. The van der Waals surface area contributed by atoms with Gasteiger partial charge in [-0.1, -0.05) is 48.5 Å². The molecule has 3 rings (SSSR count). The zero-order valence-corrected chi connectivity index (χ0v) is 14.0. The van der Waals surface area contributed by atoms with Crippen LogP contribution in [0.3, 0.4) is 0 Å². The van der Waals surface area contributed by atoms with Gasteiger partial charge in [-0.3, -0.25) is 0 Å². The molecule has 1 heterocycles. The molecule has 1 aromatic heterocycles. The Bertz CT molecular complexity index is 923. The summed E-state index contributed by atoms with van der Waals surface area (Å²) >= 11 is 5.31. The first-order chi connectivity index (χ1) is 11.8. The number of ether oxygens (including phenoxy) is 1. The number of methoxy groups -OCH3 is 1. The van der Waals surface area contributed by atoms with E-state index in [1.807, 2.05) is 72.9 Å². The number of aromatic nitrogens is 2. The van der Waals surface area contributed by atoms with E-state index in [0.717, 1.165) is 22.6 Å². The molecule has 120 valence electrons. The van der Waals surface area contributed by atoms with E-state index in [1.165, 1.54) is 0 Å². The Kier molecular flexibility index (Phi) is 5.03. The third kappa shape index (κ3) is 3.70. The Balaban J connectivity index is 1.77. The summed E-state index contributed by atoms with van der Waals surface area (Å²) in [6.45, 7) is 0. The topological polar surface area (TPSA) is 42.3 Å². The summed E-state index contributed by atoms with van der Waals surface area (Å²) in [5.74, 6) is 0.826. The van der Waals surface area contributed by atoms with Gasteiger partial charge in [0.05, 0.1) is 19.0 Å². The predicted molar refractivity (Wildman–Crippen MR) is 101 cm³/mol. The molecule has 2 aromatic carbocycles. The van der Waals surface area contributed by atoms with Crippen LogP contribution in [-0.4, -0.2) is 23.0 Å². The van der Waals surface area contributed by atoms with Crippen LogP contribution < -0.4 is 4.74 Å². The van der Waals surface area contributed by atoms with Crippen molar-refractivity contribution >= 4 is 24.5 Å². The molecule has 0 amide bonds. The number of para-hydroxylation sites is 1. The van der Waals surface area contributed by atoms with Crippen molar-refractivity contribution in [2.45, 2.75) is 0 Å². The van der Waals surface area contributed by atoms with Crippen molar-refractivity contribution in [3.63, 3.8) is 0 Å². The molecule has 1 N–H and O–H groups in total. The smallest absolute Gasteiger partial charge is 0.198 e. The Labute approximate surface area is 145 Å². The molecular weight excluding hydrogens is 318 g/mol. The SMILES string of the molecule is COc1ccccc1/C=C/C=N/n1cc(-c2ccccc2)[nH]c1=S. The number of H-pyrrole nitrogens is 1. The van der Waals surface area contributed by atoms with Gasteiger partial charge in [-0.05, 0) is 36.0 Å². The zero-order valence-electron chi connectivity index (χ0n) is 13.2. The van der Waals surface area contributed by atoms with Crippen LogP contribution in [0.15, 0.2) is 72.0 Å². The first kappa shape index (κ1) is 16.0.